The van der Waals surface area contributed by atoms with Crippen LogP contribution in [0.3, 0.4) is 0 Å². The molecule has 2 N–H and O–H groups in total. The minimum absolute atomic E-state index is 0.258. The summed E-state index contributed by atoms with van der Waals surface area (Å²) >= 11 is 0. The van der Waals surface area contributed by atoms with Crippen LogP contribution in [0.25, 0.3) is 0 Å². The summed E-state index contributed by atoms with van der Waals surface area (Å²) in [6.07, 6.45) is 5.84. The predicted molar refractivity (Wildman–Crippen MR) is 78.5 cm³/mol. The Bertz CT molecular complexity index is 482. The minimum atomic E-state index is -0.451. The number of hydrogen-bond acceptors (Lipinski definition) is 4. The molecule has 5 nitrogen and oxygen atoms in total. The first-order valence-corrected chi connectivity index (χ1v) is 7.50. The number of nitrogens with zero attached hydrogens (tertiary/aromatic N) is 2. The Morgan fingerprint density at radius 2 is 2.25 bits per heavy atom. The van der Waals surface area contributed by atoms with Crippen molar-refractivity contribution in [2.24, 2.45) is 11.8 Å². The molecule has 1 aromatic heterocycles. The van der Waals surface area contributed by atoms with Gasteiger partial charge in [-0.05, 0) is 24.7 Å². The third kappa shape index (κ3) is 2.97. The van der Waals surface area contributed by atoms with Gasteiger partial charge in [0.25, 0.3) is 0 Å². The summed E-state index contributed by atoms with van der Waals surface area (Å²) < 4.78 is 6.75. The van der Waals surface area contributed by atoms with Crippen LogP contribution >= 0.6 is 0 Å². The van der Waals surface area contributed by atoms with Gasteiger partial charge in [-0.2, -0.15) is 0 Å². The Labute approximate surface area is 120 Å². The van der Waals surface area contributed by atoms with Gasteiger partial charge in [0.05, 0.1) is 7.11 Å². The smallest absolute Gasteiger partial charge is 0.360 e. The number of rotatable bonds is 4. The zero-order chi connectivity index (χ0) is 14.7. The topological polar surface area (TPSA) is 70.1 Å². The number of carbonyl (C=O) groups is 1. The lowest BCUT2D eigenvalue weighted by Gasteiger charge is -2.27. The number of nitrogens with two attached hydrogens (primary N) is 1. The van der Waals surface area contributed by atoms with Crippen molar-refractivity contribution < 1.29 is 9.53 Å². The second-order valence-corrected chi connectivity index (χ2v) is 5.86. The van der Waals surface area contributed by atoms with Gasteiger partial charge in [-0.3, -0.25) is 0 Å². The molecule has 1 aliphatic carbocycles. The van der Waals surface area contributed by atoms with Crippen LogP contribution in [0.15, 0.2) is 0 Å². The number of nitrogen functional groups attached to an aromatic ring is 1. The lowest BCUT2D eigenvalue weighted by molar-refractivity contribution is 0.0595. The molecule has 5 heteroatoms. The fourth-order valence-electron chi connectivity index (χ4n) is 3.22. The van der Waals surface area contributed by atoms with Gasteiger partial charge in [0.1, 0.15) is 11.6 Å². The summed E-state index contributed by atoms with van der Waals surface area (Å²) in [5.74, 6) is 2.29. The highest BCUT2D eigenvalue weighted by Gasteiger charge is 2.24. The van der Waals surface area contributed by atoms with Crippen LogP contribution in [-0.4, -0.2) is 22.6 Å². The van der Waals surface area contributed by atoms with Crippen LogP contribution in [0.4, 0.5) is 5.82 Å². The summed E-state index contributed by atoms with van der Waals surface area (Å²) in [5, 5.41) is 0. The lowest BCUT2D eigenvalue weighted by atomic mass is 9.82. The van der Waals surface area contributed by atoms with E-state index in [1.807, 2.05) is 11.5 Å². The van der Waals surface area contributed by atoms with Crippen molar-refractivity contribution in [3.05, 3.63) is 11.5 Å². The molecule has 0 bridgehead atoms. The number of esters is 1. The van der Waals surface area contributed by atoms with E-state index in [9.17, 15) is 4.79 Å². The highest BCUT2D eigenvalue weighted by molar-refractivity contribution is 5.92. The van der Waals surface area contributed by atoms with E-state index in [4.69, 9.17) is 10.5 Å². The molecule has 1 fully saturated rings. The number of hydrogen-bond donors (Lipinski definition) is 1. The Balaban J connectivity index is 2.21. The van der Waals surface area contributed by atoms with Crippen LogP contribution in [0.2, 0.25) is 0 Å². The molecule has 20 heavy (non-hydrogen) atoms. The Hall–Kier alpha value is -1.52. The number of imidazole rings is 1. The number of aromatic nitrogens is 2. The largest absolute Gasteiger partial charge is 0.464 e. The summed E-state index contributed by atoms with van der Waals surface area (Å²) in [6.45, 7) is 5.20. The van der Waals surface area contributed by atoms with Crippen LogP contribution in [-0.2, 0) is 17.7 Å². The normalized spacial score (nSPS) is 22.8. The maximum atomic E-state index is 11.7. The molecular formula is C15H25N3O2. The molecule has 0 aromatic carbocycles. The number of ether oxygens (including phenoxy) is 1. The second-order valence-electron chi connectivity index (χ2n) is 5.86. The Morgan fingerprint density at radius 3 is 2.85 bits per heavy atom. The standard InChI is InChI=1S/C15H25N3O2/c1-4-12-17-13(15(19)20-3)14(16)18(12)9-11-7-5-6-10(2)8-11/h10-11H,4-9,16H2,1-3H3. The molecular weight excluding hydrogens is 254 g/mol. The zero-order valence-corrected chi connectivity index (χ0v) is 12.7. The van der Waals surface area contributed by atoms with Crippen molar-refractivity contribution in [1.82, 2.24) is 9.55 Å². The van der Waals surface area contributed by atoms with E-state index in [2.05, 4.69) is 11.9 Å². The first-order chi connectivity index (χ1) is 9.56. The third-order valence-electron chi connectivity index (χ3n) is 4.27. The predicted octanol–water partition coefficient (Wildman–Crippen LogP) is 2.64. The quantitative estimate of drug-likeness (QED) is 0.860. The van der Waals surface area contributed by atoms with Crippen molar-refractivity contribution in [2.45, 2.75) is 52.5 Å². The van der Waals surface area contributed by atoms with E-state index in [1.54, 1.807) is 0 Å². The van der Waals surface area contributed by atoms with Gasteiger partial charge in [0.15, 0.2) is 5.69 Å². The molecule has 0 saturated heterocycles. The van der Waals surface area contributed by atoms with Gasteiger partial charge in [0, 0.05) is 13.0 Å². The molecule has 0 amide bonds. The van der Waals surface area contributed by atoms with E-state index < -0.39 is 5.97 Å². The molecule has 0 spiro atoms. The van der Waals surface area contributed by atoms with Crippen LogP contribution in [0.5, 0.6) is 0 Å². The van der Waals surface area contributed by atoms with E-state index in [1.165, 1.54) is 32.8 Å². The van der Waals surface area contributed by atoms with Gasteiger partial charge in [-0.25, -0.2) is 9.78 Å². The van der Waals surface area contributed by atoms with E-state index >= 15 is 0 Å². The molecule has 2 rings (SSSR count). The molecule has 1 aliphatic rings. The molecule has 112 valence electrons. The van der Waals surface area contributed by atoms with E-state index in [-0.39, 0.29) is 5.69 Å². The van der Waals surface area contributed by atoms with Crippen molar-refractivity contribution in [2.75, 3.05) is 12.8 Å². The minimum Gasteiger partial charge on any atom is -0.464 e. The SMILES string of the molecule is CCc1nc(C(=O)OC)c(N)n1CC1CCCC(C)C1. The van der Waals surface area contributed by atoms with E-state index in [0.717, 1.165) is 24.7 Å². The average molecular weight is 279 g/mol. The summed E-state index contributed by atoms with van der Waals surface area (Å²) in [5.41, 5.74) is 6.37. The van der Waals surface area contributed by atoms with Gasteiger partial charge in [-0.1, -0.05) is 26.7 Å². The summed E-state index contributed by atoms with van der Waals surface area (Å²) in [6, 6.07) is 0. The van der Waals surface area contributed by atoms with Crippen molar-refractivity contribution in [3.8, 4) is 0 Å². The fraction of sp³-hybridized carbons (Fsp3) is 0.733. The Morgan fingerprint density at radius 1 is 1.50 bits per heavy atom. The van der Waals surface area contributed by atoms with Crippen molar-refractivity contribution in [3.63, 3.8) is 0 Å². The summed E-state index contributed by atoms with van der Waals surface area (Å²) in [4.78, 5) is 16.0. The number of aryl methyl sites for hydroxylation is 1. The number of carbonyl (C=O) groups excluding carboxylic acids is 1. The van der Waals surface area contributed by atoms with Crippen LogP contribution in [0.1, 0.15) is 55.8 Å². The fourth-order valence-corrected chi connectivity index (χ4v) is 3.22. The van der Waals surface area contributed by atoms with Gasteiger partial charge < -0.3 is 15.0 Å². The molecule has 2 unspecified atom stereocenters. The molecule has 1 aromatic rings. The van der Waals surface area contributed by atoms with Crippen molar-refractivity contribution in [1.29, 1.82) is 0 Å². The first kappa shape index (κ1) is 14.9. The first-order valence-electron chi connectivity index (χ1n) is 7.50. The Kier molecular flexibility index (Phi) is 4.68. The second kappa shape index (κ2) is 6.29. The number of anilines is 1. The average Bonchev–Trinajstić information content (AvgIpc) is 2.75. The summed E-state index contributed by atoms with van der Waals surface area (Å²) in [7, 11) is 1.36. The van der Waals surface area contributed by atoms with Crippen molar-refractivity contribution >= 4 is 11.8 Å². The third-order valence-corrected chi connectivity index (χ3v) is 4.27. The maximum Gasteiger partial charge on any atom is 0.360 e. The molecule has 2 atom stereocenters. The highest BCUT2D eigenvalue weighted by atomic mass is 16.5. The molecule has 0 aliphatic heterocycles. The van der Waals surface area contributed by atoms with E-state index in [0.29, 0.717) is 11.7 Å². The monoisotopic (exact) mass is 279 g/mol. The van der Waals surface area contributed by atoms with Gasteiger partial charge >= 0.3 is 5.97 Å². The highest BCUT2D eigenvalue weighted by Crippen LogP contribution is 2.31. The molecule has 0 radical (unpaired) electrons. The number of methoxy groups -OCH3 is 1. The van der Waals surface area contributed by atoms with Crippen LogP contribution in [0, 0.1) is 11.8 Å². The van der Waals surface area contributed by atoms with Gasteiger partial charge in [-0.15, -0.1) is 0 Å². The van der Waals surface area contributed by atoms with Crippen LogP contribution < -0.4 is 5.73 Å². The molecule has 1 saturated carbocycles. The van der Waals surface area contributed by atoms with Gasteiger partial charge in [0.2, 0.25) is 0 Å². The molecule has 1 heterocycles. The maximum absolute atomic E-state index is 11.7. The lowest BCUT2D eigenvalue weighted by Crippen LogP contribution is -2.20. The zero-order valence-electron chi connectivity index (χ0n) is 12.7.